The summed E-state index contributed by atoms with van der Waals surface area (Å²) in [6, 6.07) is 2.63. The SMILES string of the molecule is CC(C)Nc1cncc(C(C)C)c1. The molecule has 1 rings (SSSR count). The third-order valence-corrected chi connectivity index (χ3v) is 1.88. The van der Waals surface area contributed by atoms with Gasteiger partial charge >= 0.3 is 0 Å². The van der Waals surface area contributed by atoms with E-state index in [-0.39, 0.29) is 0 Å². The second-order valence-corrected chi connectivity index (χ2v) is 3.96. The van der Waals surface area contributed by atoms with Crippen LogP contribution in [0.1, 0.15) is 39.2 Å². The average Bonchev–Trinajstić information content (AvgIpc) is 2.03. The minimum Gasteiger partial charge on any atom is -0.382 e. The molecule has 13 heavy (non-hydrogen) atoms. The smallest absolute Gasteiger partial charge is 0.0531 e. The maximum atomic E-state index is 4.20. The van der Waals surface area contributed by atoms with Crippen LogP contribution in [0.15, 0.2) is 18.5 Å². The molecule has 1 aromatic heterocycles. The first kappa shape index (κ1) is 10.0. The quantitative estimate of drug-likeness (QED) is 0.769. The fourth-order valence-electron chi connectivity index (χ4n) is 1.19. The van der Waals surface area contributed by atoms with Crippen molar-refractivity contribution in [3.63, 3.8) is 0 Å². The Kier molecular flexibility index (Phi) is 3.29. The van der Waals surface area contributed by atoms with E-state index in [1.165, 1.54) is 5.56 Å². The molecule has 0 saturated heterocycles. The zero-order valence-electron chi connectivity index (χ0n) is 8.83. The predicted octanol–water partition coefficient (Wildman–Crippen LogP) is 3.03. The van der Waals surface area contributed by atoms with Crippen LogP contribution in [0.25, 0.3) is 0 Å². The Balaban J connectivity index is 2.79. The van der Waals surface area contributed by atoms with E-state index in [1.54, 1.807) is 0 Å². The molecule has 2 heteroatoms. The number of nitrogens with zero attached hydrogens (tertiary/aromatic N) is 1. The van der Waals surface area contributed by atoms with Gasteiger partial charge in [-0.1, -0.05) is 13.8 Å². The molecule has 0 unspecified atom stereocenters. The van der Waals surface area contributed by atoms with E-state index in [2.05, 4.69) is 44.1 Å². The molecule has 2 nitrogen and oxygen atoms in total. The highest BCUT2D eigenvalue weighted by Gasteiger charge is 2.01. The number of hydrogen-bond donors (Lipinski definition) is 1. The Bertz CT molecular complexity index is 267. The van der Waals surface area contributed by atoms with Crippen LogP contribution in [0.3, 0.4) is 0 Å². The van der Waals surface area contributed by atoms with Crippen molar-refractivity contribution in [3.05, 3.63) is 24.0 Å². The van der Waals surface area contributed by atoms with Gasteiger partial charge in [0, 0.05) is 18.4 Å². The Morgan fingerprint density at radius 1 is 1.15 bits per heavy atom. The van der Waals surface area contributed by atoms with Gasteiger partial charge in [0.15, 0.2) is 0 Å². The molecule has 0 radical (unpaired) electrons. The summed E-state index contributed by atoms with van der Waals surface area (Å²) < 4.78 is 0. The van der Waals surface area contributed by atoms with Crippen LogP contribution in [0.5, 0.6) is 0 Å². The zero-order valence-corrected chi connectivity index (χ0v) is 8.83. The molecule has 1 heterocycles. The van der Waals surface area contributed by atoms with Gasteiger partial charge in [-0.05, 0) is 31.4 Å². The van der Waals surface area contributed by atoms with Crippen LogP contribution in [0.2, 0.25) is 0 Å². The number of nitrogens with one attached hydrogen (secondary N) is 1. The largest absolute Gasteiger partial charge is 0.382 e. The van der Waals surface area contributed by atoms with Gasteiger partial charge < -0.3 is 5.32 Å². The van der Waals surface area contributed by atoms with Crippen molar-refractivity contribution in [2.75, 3.05) is 5.32 Å². The molecule has 0 bridgehead atoms. The monoisotopic (exact) mass is 178 g/mol. The maximum absolute atomic E-state index is 4.20. The highest BCUT2D eigenvalue weighted by Crippen LogP contribution is 2.17. The van der Waals surface area contributed by atoms with Crippen molar-refractivity contribution >= 4 is 5.69 Å². The van der Waals surface area contributed by atoms with Gasteiger partial charge in [-0.3, -0.25) is 4.98 Å². The van der Waals surface area contributed by atoms with Gasteiger partial charge in [0.25, 0.3) is 0 Å². The third kappa shape index (κ3) is 3.05. The molecule has 0 aliphatic heterocycles. The molecular formula is C11H18N2. The lowest BCUT2D eigenvalue weighted by atomic mass is 10.1. The van der Waals surface area contributed by atoms with Gasteiger partial charge in [0.1, 0.15) is 0 Å². The van der Waals surface area contributed by atoms with Crippen LogP contribution < -0.4 is 5.32 Å². The molecule has 1 aromatic rings. The van der Waals surface area contributed by atoms with Crippen molar-refractivity contribution in [2.45, 2.75) is 39.7 Å². The minimum absolute atomic E-state index is 0.462. The number of pyridine rings is 1. The molecule has 0 fully saturated rings. The lowest BCUT2D eigenvalue weighted by Gasteiger charge is -2.11. The van der Waals surface area contributed by atoms with E-state index >= 15 is 0 Å². The average molecular weight is 178 g/mol. The van der Waals surface area contributed by atoms with Crippen LogP contribution in [0.4, 0.5) is 5.69 Å². The normalized spacial score (nSPS) is 10.9. The summed E-state index contributed by atoms with van der Waals surface area (Å²) in [5.41, 5.74) is 2.40. The van der Waals surface area contributed by atoms with Crippen molar-refractivity contribution in [2.24, 2.45) is 0 Å². The molecule has 0 amide bonds. The second kappa shape index (κ2) is 4.26. The van der Waals surface area contributed by atoms with E-state index in [1.807, 2.05) is 12.4 Å². The molecule has 0 aromatic carbocycles. The highest BCUT2D eigenvalue weighted by molar-refractivity contribution is 5.44. The van der Waals surface area contributed by atoms with E-state index in [0.717, 1.165) is 5.69 Å². The van der Waals surface area contributed by atoms with Gasteiger partial charge in [0.05, 0.1) is 5.69 Å². The number of anilines is 1. The minimum atomic E-state index is 0.462. The van der Waals surface area contributed by atoms with Crippen molar-refractivity contribution in [1.29, 1.82) is 0 Å². The van der Waals surface area contributed by atoms with E-state index < -0.39 is 0 Å². The first-order chi connectivity index (χ1) is 6.09. The maximum Gasteiger partial charge on any atom is 0.0531 e. The summed E-state index contributed by atoms with van der Waals surface area (Å²) in [7, 11) is 0. The molecular weight excluding hydrogens is 160 g/mol. The van der Waals surface area contributed by atoms with Crippen LogP contribution in [-0.4, -0.2) is 11.0 Å². The highest BCUT2D eigenvalue weighted by atomic mass is 14.9. The molecule has 0 aliphatic carbocycles. The molecule has 1 N–H and O–H groups in total. The summed E-state index contributed by atoms with van der Waals surface area (Å²) in [5, 5.41) is 3.34. The Labute approximate surface area is 80.4 Å². The standard InChI is InChI=1S/C11H18N2/c1-8(2)10-5-11(7-12-6-10)13-9(3)4/h5-9,13H,1-4H3. The topological polar surface area (TPSA) is 24.9 Å². The summed E-state index contributed by atoms with van der Waals surface area (Å²) in [6.45, 7) is 8.61. The van der Waals surface area contributed by atoms with Crippen molar-refractivity contribution in [1.82, 2.24) is 4.98 Å². The Morgan fingerprint density at radius 2 is 1.85 bits per heavy atom. The molecule has 0 spiro atoms. The summed E-state index contributed by atoms with van der Waals surface area (Å²) in [5.74, 6) is 0.543. The van der Waals surface area contributed by atoms with Gasteiger partial charge in [-0.15, -0.1) is 0 Å². The fourth-order valence-corrected chi connectivity index (χ4v) is 1.19. The van der Waals surface area contributed by atoms with E-state index in [9.17, 15) is 0 Å². The van der Waals surface area contributed by atoms with E-state index in [0.29, 0.717) is 12.0 Å². The zero-order chi connectivity index (χ0) is 9.84. The Morgan fingerprint density at radius 3 is 2.38 bits per heavy atom. The second-order valence-electron chi connectivity index (χ2n) is 3.96. The molecule has 72 valence electrons. The summed E-state index contributed by atoms with van der Waals surface area (Å²) in [6.07, 6.45) is 3.79. The summed E-state index contributed by atoms with van der Waals surface area (Å²) >= 11 is 0. The molecule has 0 aliphatic rings. The van der Waals surface area contributed by atoms with Crippen molar-refractivity contribution in [3.8, 4) is 0 Å². The number of hydrogen-bond acceptors (Lipinski definition) is 2. The van der Waals surface area contributed by atoms with Gasteiger partial charge in [-0.2, -0.15) is 0 Å². The number of aromatic nitrogens is 1. The van der Waals surface area contributed by atoms with Crippen LogP contribution >= 0.6 is 0 Å². The first-order valence-electron chi connectivity index (χ1n) is 4.81. The third-order valence-electron chi connectivity index (χ3n) is 1.88. The Hall–Kier alpha value is -1.05. The van der Waals surface area contributed by atoms with Crippen molar-refractivity contribution < 1.29 is 0 Å². The predicted molar refractivity (Wildman–Crippen MR) is 57.1 cm³/mol. The van der Waals surface area contributed by atoms with Crippen LogP contribution in [0, 0.1) is 0 Å². The fraction of sp³-hybridized carbons (Fsp3) is 0.545. The lowest BCUT2D eigenvalue weighted by Crippen LogP contribution is -2.10. The lowest BCUT2D eigenvalue weighted by molar-refractivity contribution is 0.852. The van der Waals surface area contributed by atoms with Gasteiger partial charge in [0.2, 0.25) is 0 Å². The first-order valence-corrected chi connectivity index (χ1v) is 4.81. The van der Waals surface area contributed by atoms with E-state index in [4.69, 9.17) is 0 Å². The van der Waals surface area contributed by atoms with Gasteiger partial charge in [-0.25, -0.2) is 0 Å². The molecule has 0 saturated carbocycles. The molecule has 0 atom stereocenters. The van der Waals surface area contributed by atoms with Crippen LogP contribution in [-0.2, 0) is 0 Å². The number of rotatable bonds is 3. The summed E-state index contributed by atoms with van der Waals surface area (Å²) in [4.78, 5) is 4.20.